The van der Waals surface area contributed by atoms with Crippen LogP contribution in [-0.4, -0.2) is 12.5 Å². The number of hydrogen-bond donors (Lipinski definition) is 2. The van der Waals surface area contributed by atoms with Crippen LogP contribution in [0, 0.1) is 5.92 Å². The molecule has 0 aromatic heterocycles. The van der Waals surface area contributed by atoms with Gasteiger partial charge in [-0.3, -0.25) is 4.99 Å². The Balaban J connectivity index is 0.00000133. The van der Waals surface area contributed by atoms with E-state index >= 15 is 0 Å². The summed E-state index contributed by atoms with van der Waals surface area (Å²) in [4.78, 5) is 4.42. The van der Waals surface area contributed by atoms with E-state index < -0.39 is 0 Å². The molecule has 1 aromatic carbocycles. The van der Waals surface area contributed by atoms with Crippen molar-refractivity contribution in [2.45, 2.75) is 38.5 Å². The molecule has 0 radical (unpaired) electrons. The van der Waals surface area contributed by atoms with Crippen LogP contribution in [0.2, 0.25) is 0 Å². The molecule has 2 aliphatic carbocycles. The predicted octanol–water partition coefficient (Wildman–Crippen LogP) is 3.32. The van der Waals surface area contributed by atoms with Gasteiger partial charge in [-0.25, -0.2) is 0 Å². The molecule has 0 bridgehead atoms. The van der Waals surface area contributed by atoms with Gasteiger partial charge in [-0.15, -0.1) is 24.0 Å². The number of guanidine groups is 1. The molecule has 1 aromatic rings. The van der Waals surface area contributed by atoms with Crippen LogP contribution >= 0.6 is 24.0 Å². The van der Waals surface area contributed by atoms with Crippen molar-refractivity contribution in [2.24, 2.45) is 16.6 Å². The summed E-state index contributed by atoms with van der Waals surface area (Å²) < 4.78 is 0. The van der Waals surface area contributed by atoms with Crippen molar-refractivity contribution in [1.29, 1.82) is 0 Å². The van der Waals surface area contributed by atoms with Gasteiger partial charge in [0.15, 0.2) is 5.96 Å². The molecule has 1 saturated carbocycles. The molecule has 2 aliphatic rings. The van der Waals surface area contributed by atoms with Gasteiger partial charge in [-0.1, -0.05) is 12.5 Å². The summed E-state index contributed by atoms with van der Waals surface area (Å²) in [6.45, 7) is 0.879. The Labute approximate surface area is 132 Å². The summed E-state index contributed by atoms with van der Waals surface area (Å²) in [5, 5.41) is 3.20. The highest BCUT2D eigenvalue weighted by Gasteiger charge is 2.16. The molecule has 4 heteroatoms. The summed E-state index contributed by atoms with van der Waals surface area (Å²) in [5.41, 5.74) is 9.95. The highest BCUT2D eigenvalue weighted by Crippen LogP contribution is 2.26. The van der Waals surface area contributed by atoms with Crippen molar-refractivity contribution in [3.8, 4) is 0 Å². The first-order valence-electron chi connectivity index (χ1n) is 7.00. The molecule has 1 fully saturated rings. The lowest BCUT2D eigenvalue weighted by atomic mass is 9.86. The zero-order chi connectivity index (χ0) is 12.4. The number of rotatable bonds is 3. The second-order valence-electron chi connectivity index (χ2n) is 5.48. The van der Waals surface area contributed by atoms with Crippen molar-refractivity contribution >= 4 is 35.6 Å². The van der Waals surface area contributed by atoms with E-state index in [4.69, 9.17) is 5.73 Å². The first-order valence-corrected chi connectivity index (χ1v) is 7.00. The number of aliphatic imine (C=N–C) groups is 1. The van der Waals surface area contributed by atoms with E-state index in [1.54, 1.807) is 0 Å². The smallest absolute Gasteiger partial charge is 0.193 e. The summed E-state index contributed by atoms with van der Waals surface area (Å²) in [5.74, 6) is 1.32. The van der Waals surface area contributed by atoms with E-state index in [9.17, 15) is 0 Å². The molecule has 0 aliphatic heterocycles. The minimum Gasteiger partial charge on any atom is -0.370 e. The average Bonchev–Trinajstić information content (AvgIpc) is 2.74. The maximum atomic E-state index is 5.92. The minimum absolute atomic E-state index is 0. The molecule has 104 valence electrons. The maximum absolute atomic E-state index is 5.92. The second-order valence-corrected chi connectivity index (χ2v) is 5.48. The number of nitrogens with one attached hydrogen (secondary N) is 1. The normalized spacial score (nSPS) is 18.4. The number of fused-ring (bicyclic) bond motifs is 1. The number of hydrogen-bond acceptors (Lipinski definition) is 1. The fraction of sp³-hybridized carbons (Fsp3) is 0.533. The van der Waals surface area contributed by atoms with Crippen molar-refractivity contribution in [3.05, 3.63) is 29.3 Å². The standard InChI is InChI=1S/C15H21N3.HI/c16-15(17-10-11-3-1-4-11)18-14-8-7-12-5-2-6-13(12)9-14;/h7-9,11H,1-6,10H2,(H3,16,17,18);1H. The van der Waals surface area contributed by atoms with E-state index in [1.165, 1.54) is 49.7 Å². The molecule has 0 unspecified atom stereocenters. The average molecular weight is 371 g/mol. The quantitative estimate of drug-likeness (QED) is 0.487. The Bertz CT molecular complexity index is 466. The lowest BCUT2D eigenvalue weighted by molar-refractivity contribution is 0.326. The molecule has 0 atom stereocenters. The van der Waals surface area contributed by atoms with E-state index in [0.717, 1.165) is 18.2 Å². The van der Waals surface area contributed by atoms with Crippen LogP contribution in [0.25, 0.3) is 0 Å². The van der Waals surface area contributed by atoms with Crippen LogP contribution in [0.4, 0.5) is 5.69 Å². The van der Waals surface area contributed by atoms with E-state index in [2.05, 4.69) is 28.5 Å². The van der Waals surface area contributed by atoms with Crippen molar-refractivity contribution in [2.75, 3.05) is 11.9 Å². The van der Waals surface area contributed by atoms with E-state index in [0.29, 0.717) is 5.96 Å². The highest BCUT2D eigenvalue weighted by atomic mass is 127. The van der Waals surface area contributed by atoms with Gasteiger partial charge < -0.3 is 11.1 Å². The molecule has 0 saturated heterocycles. The predicted molar refractivity (Wildman–Crippen MR) is 91.3 cm³/mol. The van der Waals surface area contributed by atoms with Crippen LogP contribution < -0.4 is 11.1 Å². The molecule has 3 nitrogen and oxygen atoms in total. The first kappa shape index (κ1) is 14.6. The third-order valence-electron chi connectivity index (χ3n) is 4.12. The van der Waals surface area contributed by atoms with E-state index in [-0.39, 0.29) is 24.0 Å². The number of aryl methyl sites for hydroxylation is 2. The van der Waals surface area contributed by atoms with Gasteiger partial charge in [0.1, 0.15) is 0 Å². The van der Waals surface area contributed by atoms with Crippen LogP contribution in [-0.2, 0) is 12.8 Å². The van der Waals surface area contributed by atoms with Gasteiger partial charge in [-0.05, 0) is 61.3 Å². The zero-order valence-corrected chi connectivity index (χ0v) is 13.5. The molecular weight excluding hydrogens is 349 g/mol. The number of nitrogens with zero attached hydrogens (tertiary/aromatic N) is 1. The molecule has 3 N–H and O–H groups in total. The Morgan fingerprint density at radius 2 is 2.00 bits per heavy atom. The summed E-state index contributed by atoms with van der Waals surface area (Å²) in [7, 11) is 0. The Hall–Kier alpha value is -0.780. The molecule has 3 rings (SSSR count). The summed E-state index contributed by atoms with van der Waals surface area (Å²) >= 11 is 0. The van der Waals surface area contributed by atoms with Crippen LogP contribution in [0.1, 0.15) is 36.8 Å². The monoisotopic (exact) mass is 371 g/mol. The van der Waals surface area contributed by atoms with Gasteiger partial charge >= 0.3 is 0 Å². The third kappa shape index (κ3) is 3.61. The molecular formula is C15H22IN3. The van der Waals surface area contributed by atoms with Gasteiger partial charge in [0, 0.05) is 12.2 Å². The van der Waals surface area contributed by atoms with Gasteiger partial charge in [0.2, 0.25) is 0 Å². The van der Waals surface area contributed by atoms with Crippen LogP contribution in [0.5, 0.6) is 0 Å². The molecule has 0 spiro atoms. The number of anilines is 1. The lowest BCUT2D eigenvalue weighted by Crippen LogP contribution is -2.25. The molecule has 0 amide bonds. The van der Waals surface area contributed by atoms with Gasteiger partial charge in [0.05, 0.1) is 0 Å². The second kappa shape index (κ2) is 6.59. The summed E-state index contributed by atoms with van der Waals surface area (Å²) in [6.07, 6.45) is 7.69. The summed E-state index contributed by atoms with van der Waals surface area (Å²) in [6, 6.07) is 6.54. The SMILES string of the molecule is I.NC(=NCC1CCC1)Nc1ccc2c(c1)CCC2. The topological polar surface area (TPSA) is 50.4 Å². The lowest BCUT2D eigenvalue weighted by Gasteiger charge is -2.23. The van der Waals surface area contributed by atoms with Crippen molar-refractivity contribution in [1.82, 2.24) is 0 Å². The third-order valence-corrected chi connectivity index (χ3v) is 4.12. The number of halogens is 1. The largest absolute Gasteiger partial charge is 0.370 e. The fourth-order valence-electron chi connectivity index (χ4n) is 2.74. The molecule has 19 heavy (non-hydrogen) atoms. The number of benzene rings is 1. The van der Waals surface area contributed by atoms with Crippen molar-refractivity contribution < 1.29 is 0 Å². The van der Waals surface area contributed by atoms with Crippen LogP contribution in [0.3, 0.4) is 0 Å². The zero-order valence-electron chi connectivity index (χ0n) is 11.2. The van der Waals surface area contributed by atoms with Gasteiger partial charge in [0.25, 0.3) is 0 Å². The van der Waals surface area contributed by atoms with E-state index in [1.807, 2.05) is 0 Å². The Morgan fingerprint density at radius 3 is 2.74 bits per heavy atom. The highest BCUT2D eigenvalue weighted by molar-refractivity contribution is 14.0. The van der Waals surface area contributed by atoms with Crippen molar-refractivity contribution in [3.63, 3.8) is 0 Å². The minimum atomic E-state index is 0. The molecule has 0 heterocycles. The maximum Gasteiger partial charge on any atom is 0.193 e. The van der Waals surface area contributed by atoms with Gasteiger partial charge in [-0.2, -0.15) is 0 Å². The first-order chi connectivity index (χ1) is 8.81. The van der Waals surface area contributed by atoms with Crippen LogP contribution in [0.15, 0.2) is 23.2 Å². The Morgan fingerprint density at radius 1 is 1.21 bits per heavy atom. The number of nitrogens with two attached hydrogens (primary N) is 1. The Kier molecular flexibility index (Phi) is 5.07. The fourth-order valence-corrected chi connectivity index (χ4v) is 2.74.